The van der Waals surface area contributed by atoms with Crippen LogP contribution in [0.1, 0.15) is 27.6 Å². The number of ether oxygens (including phenoxy) is 3. The minimum atomic E-state index is -0.478. The first kappa shape index (κ1) is 13.5. The largest absolute Gasteiger partial charge is 0.465 e. The van der Waals surface area contributed by atoms with Crippen molar-refractivity contribution in [3.05, 3.63) is 35.4 Å². The summed E-state index contributed by atoms with van der Waals surface area (Å²) in [7, 11) is 1.30. The molecular weight excluding hydrogens is 248 g/mol. The first-order chi connectivity index (χ1) is 9.04. The van der Waals surface area contributed by atoms with Gasteiger partial charge in [0, 0.05) is 5.41 Å². The van der Waals surface area contributed by atoms with Crippen molar-refractivity contribution in [2.24, 2.45) is 5.41 Å². The molecule has 0 unspecified atom stereocenters. The molecule has 0 radical (unpaired) electrons. The van der Waals surface area contributed by atoms with Crippen molar-refractivity contribution < 1.29 is 23.8 Å². The molecule has 0 aromatic heterocycles. The lowest BCUT2D eigenvalue weighted by molar-refractivity contribution is -0.127. The van der Waals surface area contributed by atoms with Crippen LogP contribution in [-0.2, 0) is 14.2 Å². The standard InChI is InChI=1S/C14H16O5/c1-14(7-18-8-14)9-19-13(16)11-5-3-4-10(6-11)12(15)17-2/h3-6H,7-9H2,1-2H3. The molecule has 1 fully saturated rings. The third kappa shape index (κ3) is 3.12. The molecule has 0 bridgehead atoms. The number of hydrogen-bond donors (Lipinski definition) is 0. The predicted molar refractivity (Wildman–Crippen MR) is 67.0 cm³/mol. The van der Waals surface area contributed by atoms with Gasteiger partial charge in [-0.15, -0.1) is 0 Å². The van der Waals surface area contributed by atoms with E-state index in [1.54, 1.807) is 18.2 Å². The number of carbonyl (C=O) groups is 2. The van der Waals surface area contributed by atoms with Gasteiger partial charge in [0.15, 0.2) is 0 Å². The van der Waals surface area contributed by atoms with E-state index < -0.39 is 11.9 Å². The summed E-state index contributed by atoms with van der Waals surface area (Å²) in [5.74, 6) is -0.923. The highest BCUT2D eigenvalue weighted by molar-refractivity contribution is 5.95. The van der Waals surface area contributed by atoms with Crippen molar-refractivity contribution in [1.29, 1.82) is 0 Å². The second-order valence-electron chi connectivity index (χ2n) is 4.95. The summed E-state index contributed by atoms with van der Waals surface area (Å²) in [5, 5.41) is 0. The van der Waals surface area contributed by atoms with Crippen molar-refractivity contribution in [3.8, 4) is 0 Å². The number of rotatable bonds is 4. The summed E-state index contributed by atoms with van der Waals surface area (Å²) >= 11 is 0. The van der Waals surface area contributed by atoms with Crippen LogP contribution >= 0.6 is 0 Å². The van der Waals surface area contributed by atoms with Crippen molar-refractivity contribution in [2.75, 3.05) is 26.9 Å². The number of esters is 2. The van der Waals surface area contributed by atoms with Crippen molar-refractivity contribution in [2.45, 2.75) is 6.92 Å². The summed E-state index contributed by atoms with van der Waals surface area (Å²) in [6, 6.07) is 6.28. The highest BCUT2D eigenvalue weighted by atomic mass is 16.5. The maximum atomic E-state index is 11.9. The zero-order valence-electron chi connectivity index (χ0n) is 11.0. The monoisotopic (exact) mass is 264 g/mol. The van der Waals surface area contributed by atoms with E-state index in [1.807, 2.05) is 6.92 Å². The maximum absolute atomic E-state index is 11.9. The van der Waals surface area contributed by atoms with E-state index in [0.29, 0.717) is 30.9 Å². The summed E-state index contributed by atoms with van der Waals surface area (Å²) in [6.45, 7) is 3.51. The highest BCUT2D eigenvalue weighted by Crippen LogP contribution is 2.26. The molecule has 0 spiro atoms. The van der Waals surface area contributed by atoms with Gasteiger partial charge < -0.3 is 14.2 Å². The van der Waals surface area contributed by atoms with Gasteiger partial charge in [-0.25, -0.2) is 9.59 Å². The van der Waals surface area contributed by atoms with E-state index >= 15 is 0 Å². The van der Waals surface area contributed by atoms with Crippen molar-refractivity contribution in [3.63, 3.8) is 0 Å². The van der Waals surface area contributed by atoms with E-state index in [-0.39, 0.29) is 5.41 Å². The van der Waals surface area contributed by atoms with Gasteiger partial charge in [0.25, 0.3) is 0 Å². The molecule has 102 valence electrons. The lowest BCUT2D eigenvalue weighted by Crippen LogP contribution is -2.44. The maximum Gasteiger partial charge on any atom is 0.338 e. The molecule has 1 saturated heterocycles. The highest BCUT2D eigenvalue weighted by Gasteiger charge is 2.35. The van der Waals surface area contributed by atoms with Crippen LogP contribution in [0.2, 0.25) is 0 Å². The van der Waals surface area contributed by atoms with Gasteiger partial charge in [0.1, 0.15) is 6.61 Å². The smallest absolute Gasteiger partial charge is 0.338 e. The lowest BCUT2D eigenvalue weighted by Gasteiger charge is -2.37. The van der Waals surface area contributed by atoms with Crippen LogP contribution in [0, 0.1) is 5.41 Å². The summed E-state index contributed by atoms with van der Waals surface area (Å²) in [5.41, 5.74) is 0.581. The zero-order chi connectivity index (χ0) is 13.9. The Kier molecular flexibility index (Phi) is 3.85. The second-order valence-corrected chi connectivity index (χ2v) is 4.95. The van der Waals surface area contributed by atoms with Gasteiger partial charge in [0.05, 0.1) is 31.5 Å². The van der Waals surface area contributed by atoms with Gasteiger partial charge in [-0.2, -0.15) is 0 Å². The Morgan fingerprint density at radius 1 is 1.26 bits per heavy atom. The van der Waals surface area contributed by atoms with E-state index in [1.165, 1.54) is 13.2 Å². The molecule has 19 heavy (non-hydrogen) atoms. The summed E-state index contributed by atoms with van der Waals surface area (Å²) in [6.07, 6.45) is 0. The first-order valence-electron chi connectivity index (χ1n) is 5.97. The predicted octanol–water partition coefficient (Wildman–Crippen LogP) is 1.67. The minimum Gasteiger partial charge on any atom is -0.465 e. The fraction of sp³-hybridized carbons (Fsp3) is 0.429. The minimum absolute atomic E-state index is 0.0877. The third-order valence-corrected chi connectivity index (χ3v) is 2.97. The van der Waals surface area contributed by atoms with Crippen LogP contribution in [0.25, 0.3) is 0 Å². The molecule has 0 aliphatic carbocycles. The quantitative estimate of drug-likeness (QED) is 0.774. The Labute approximate surface area is 111 Å². The van der Waals surface area contributed by atoms with E-state index in [4.69, 9.17) is 9.47 Å². The zero-order valence-corrected chi connectivity index (χ0v) is 11.0. The fourth-order valence-corrected chi connectivity index (χ4v) is 1.75. The molecule has 5 heteroatoms. The Bertz CT molecular complexity index is 490. The molecule has 0 saturated carbocycles. The topological polar surface area (TPSA) is 61.8 Å². The molecular formula is C14H16O5. The van der Waals surface area contributed by atoms with E-state index in [0.717, 1.165) is 0 Å². The van der Waals surface area contributed by atoms with Gasteiger partial charge >= 0.3 is 11.9 Å². The molecule has 1 heterocycles. The first-order valence-corrected chi connectivity index (χ1v) is 5.97. The molecule has 1 aromatic rings. The van der Waals surface area contributed by atoms with Crippen LogP contribution in [0.5, 0.6) is 0 Å². The molecule has 5 nitrogen and oxygen atoms in total. The normalized spacial score (nSPS) is 16.3. The molecule has 1 aliphatic heterocycles. The van der Waals surface area contributed by atoms with E-state index in [2.05, 4.69) is 4.74 Å². The average molecular weight is 264 g/mol. The average Bonchev–Trinajstić information content (AvgIpc) is 2.41. The van der Waals surface area contributed by atoms with Crippen LogP contribution in [0.4, 0.5) is 0 Å². The third-order valence-electron chi connectivity index (χ3n) is 2.97. The molecule has 2 rings (SSSR count). The Hall–Kier alpha value is -1.88. The van der Waals surface area contributed by atoms with Crippen LogP contribution in [-0.4, -0.2) is 38.9 Å². The Balaban J connectivity index is 2.00. The second kappa shape index (κ2) is 5.40. The van der Waals surface area contributed by atoms with Crippen LogP contribution < -0.4 is 0 Å². The summed E-state index contributed by atoms with van der Waals surface area (Å²) < 4.78 is 14.9. The van der Waals surface area contributed by atoms with E-state index in [9.17, 15) is 9.59 Å². The van der Waals surface area contributed by atoms with Crippen molar-refractivity contribution >= 4 is 11.9 Å². The van der Waals surface area contributed by atoms with Crippen LogP contribution in [0.15, 0.2) is 24.3 Å². The molecule has 0 N–H and O–H groups in total. The van der Waals surface area contributed by atoms with Crippen LogP contribution in [0.3, 0.4) is 0 Å². The Morgan fingerprint density at radius 3 is 2.42 bits per heavy atom. The van der Waals surface area contributed by atoms with Crippen molar-refractivity contribution in [1.82, 2.24) is 0 Å². The number of methoxy groups -OCH3 is 1. The summed E-state index contributed by atoms with van der Waals surface area (Å²) in [4.78, 5) is 23.2. The molecule has 0 amide bonds. The number of carbonyl (C=O) groups excluding carboxylic acids is 2. The lowest BCUT2D eigenvalue weighted by atomic mass is 9.90. The molecule has 1 aliphatic rings. The van der Waals surface area contributed by atoms with Gasteiger partial charge in [-0.1, -0.05) is 13.0 Å². The van der Waals surface area contributed by atoms with Gasteiger partial charge in [-0.3, -0.25) is 0 Å². The fourth-order valence-electron chi connectivity index (χ4n) is 1.75. The van der Waals surface area contributed by atoms with Gasteiger partial charge in [0.2, 0.25) is 0 Å². The van der Waals surface area contributed by atoms with Gasteiger partial charge in [-0.05, 0) is 18.2 Å². The SMILES string of the molecule is COC(=O)c1cccc(C(=O)OCC2(C)COC2)c1. The molecule has 1 aromatic carbocycles. The Morgan fingerprint density at radius 2 is 1.89 bits per heavy atom. The number of hydrogen-bond acceptors (Lipinski definition) is 5. The number of benzene rings is 1. The molecule has 0 atom stereocenters.